The van der Waals surface area contributed by atoms with Crippen LogP contribution in [0.2, 0.25) is 0 Å². The van der Waals surface area contributed by atoms with E-state index in [1.54, 1.807) is 19.2 Å². The van der Waals surface area contributed by atoms with Crippen molar-refractivity contribution in [3.63, 3.8) is 0 Å². The average Bonchev–Trinajstić information content (AvgIpc) is 2.70. The molecule has 2 aromatic carbocycles. The molecular formula is C23H32FNO2. The molecular weight excluding hydrogens is 341 g/mol. The molecule has 3 nitrogen and oxygen atoms in total. The van der Waals surface area contributed by atoms with Crippen LogP contribution in [0, 0.1) is 5.82 Å². The first-order valence-electron chi connectivity index (χ1n) is 9.97. The van der Waals surface area contributed by atoms with Gasteiger partial charge in [0.1, 0.15) is 12.4 Å². The highest BCUT2D eigenvalue weighted by Gasteiger charge is 2.06. The zero-order valence-electron chi connectivity index (χ0n) is 16.6. The van der Waals surface area contributed by atoms with Crippen LogP contribution in [0.4, 0.5) is 4.39 Å². The highest BCUT2D eigenvalue weighted by Crippen LogP contribution is 2.28. The van der Waals surface area contributed by atoms with Gasteiger partial charge in [-0.05, 0) is 48.4 Å². The maximum absolute atomic E-state index is 13.0. The van der Waals surface area contributed by atoms with Crippen LogP contribution < -0.4 is 14.8 Å². The fraction of sp³-hybridized carbons (Fsp3) is 0.478. The van der Waals surface area contributed by atoms with Crippen molar-refractivity contribution in [1.29, 1.82) is 0 Å². The van der Waals surface area contributed by atoms with Crippen molar-refractivity contribution in [3.8, 4) is 11.5 Å². The number of unbranched alkanes of at least 4 members (excludes halogenated alkanes) is 5. The number of rotatable bonds is 13. The van der Waals surface area contributed by atoms with E-state index in [0.29, 0.717) is 12.4 Å². The molecule has 0 bridgehead atoms. The van der Waals surface area contributed by atoms with E-state index in [2.05, 4.69) is 18.3 Å². The summed E-state index contributed by atoms with van der Waals surface area (Å²) in [7, 11) is 1.65. The standard InChI is InChI=1S/C23H32FNO2/c1-3-4-5-6-7-8-15-25-17-20-11-14-22(23(16-20)26-2)27-18-19-9-12-21(24)13-10-19/h9-14,16,25H,3-8,15,17-18H2,1-2H3. The molecule has 2 aromatic rings. The Morgan fingerprint density at radius 3 is 2.30 bits per heavy atom. The summed E-state index contributed by atoms with van der Waals surface area (Å²) < 4.78 is 24.3. The quantitative estimate of drug-likeness (QED) is 0.446. The highest BCUT2D eigenvalue weighted by molar-refractivity contribution is 5.43. The van der Waals surface area contributed by atoms with Crippen molar-refractivity contribution in [2.45, 2.75) is 58.6 Å². The van der Waals surface area contributed by atoms with Crippen LogP contribution in [0.5, 0.6) is 11.5 Å². The van der Waals surface area contributed by atoms with Gasteiger partial charge in [0.05, 0.1) is 7.11 Å². The maximum Gasteiger partial charge on any atom is 0.161 e. The molecule has 1 N–H and O–H groups in total. The van der Waals surface area contributed by atoms with E-state index < -0.39 is 0 Å². The Labute approximate surface area is 162 Å². The van der Waals surface area contributed by atoms with Gasteiger partial charge in [0, 0.05) is 6.54 Å². The maximum atomic E-state index is 13.0. The minimum absolute atomic E-state index is 0.242. The lowest BCUT2D eigenvalue weighted by Gasteiger charge is -2.13. The zero-order chi connectivity index (χ0) is 19.3. The fourth-order valence-corrected chi connectivity index (χ4v) is 2.95. The molecule has 4 heteroatoms. The summed E-state index contributed by atoms with van der Waals surface area (Å²) in [6.07, 6.45) is 7.86. The summed E-state index contributed by atoms with van der Waals surface area (Å²) in [5, 5.41) is 3.49. The van der Waals surface area contributed by atoms with Crippen molar-refractivity contribution in [1.82, 2.24) is 5.32 Å². The Hall–Kier alpha value is -2.07. The molecule has 0 aromatic heterocycles. The lowest BCUT2D eigenvalue weighted by molar-refractivity contribution is 0.284. The van der Waals surface area contributed by atoms with Gasteiger partial charge in [-0.1, -0.05) is 57.2 Å². The fourth-order valence-electron chi connectivity index (χ4n) is 2.95. The molecule has 0 saturated heterocycles. The third-order valence-electron chi connectivity index (χ3n) is 4.57. The van der Waals surface area contributed by atoms with E-state index in [1.807, 2.05) is 12.1 Å². The van der Waals surface area contributed by atoms with Crippen LogP contribution in [-0.4, -0.2) is 13.7 Å². The van der Waals surface area contributed by atoms with Gasteiger partial charge in [0.25, 0.3) is 0 Å². The average molecular weight is 374 g/mol. The third-order valence-corrected chi connectivity index (χ3v) is 4.57. The molecule has 0 radical (unpaired) electrons. The van der Waals surface area contributed by atoms with Gasteiger partial charge < -0.3 is 14.8 Å². The first-order valence-corrected chi connectivity index (χ1v) is 9.97. The van der Waals surface area contributed by atoms with Crippen LogP contribution in [0.1, 0.15) is 56.6 Å². The van der Waals surface area contributed by atoms with Gasteiger partial charge in [-0.3, -0.25) is 0 Å². The second kappa shape index (κ2) is 12.3. The van der Waals surface area contributed by atoms with Gasteiger partial charge in [-0.2, -0.15) is 0 Å². The molecule has 0 aliphatic rings. The molecule has 0 atom stereocenters. The summed E-state index contributed by atoms with van der Waals surface area (Å²) in [6, 6.07) is 12.3. The van der Waals surface area contributed by atoms with Gasteiger partial charge in [-0.25, -0.2) is 4.39 Å². The van der Waals surface area contributed by atoms with Gasteiger partial charge in [0.15, 0.2) is 11.5 Å². The number of hydrogen-bond acceptors (Lipinski definition) is 3. The van der Waals surface area contributed by atoms with Crippen molar-refractivity contribution >= 4 is 0 Å². The van der Waals surface area contributed by atoms with Gasteiger partial charge >= 0.3 is 0 Å². The first kappa shape index (κ1) is 21.2. The zero-order valence-corrected chi connectivity index (χ0v) is 16.6. The summed E-state index contributed by atoms with van der Waals surface area (Å²) in [6.45, 7) is 4.49. The van der Waals surface area contributed by atoms with Gasteiger partial charge in [0.2, 0.25) is 0 Å². The predicted octanol–water partition coefficient (Wildman–Crippen LogP) is 5.86. The number of methoxy groups -OCH3 is 1. The Bertz CT molecular complexity index is 658. The molecule has 0 fully saturated rings. The number of nitrogens with one attached hydrogen (secondary N) is 1. The van der Waals surface area contributed by atoms with Crippen LogP contribution in [0.3, 0.4) is 0 Å². The lowest BCUT2D eigenvalue weighted by Crippen LogP contribution is -2.14. The number of hydrogen-bond donors (Lipinski definition) is 1. The molecule has 0 saturated carbocycles. The first-order chi connectivity index (χ1) is 13.2. The monoisotopic (exact) mass is 373 g/mol. The molecule has 2 rings (SSSR count). The molecule has 27 heavy (non-hydrogen) atoms. The lowest BCUT2D eigenvalue weighted by atomic mass is 10.1. The van der Waals surface area contributed by atoms with Crippen molar-refractivity contribution in [2.24, 2.45) is 0 Å². The predicted molar refractivity (Wildman–Crippen MR) is 109 cm³/mol. The van der Waals surface area contributed by atoms with Crippen LogP contribution in [0.25, 0.3) is 0 Å². The van der Waals surface area contributed by atoms with E-state index in [9.17, 15) is 4.39 Å². The summed E-state index contributed by atoms with van der Waals surface area (Å²) >= 11 is 0. The Morgan fingerprint density at radius 1 is 0.852 bits per heavy atom. The smallest absolute Gasteiger partial charge is 0.161 e. The van der Waals surface area contributed by atoms with Crippen molar-refractivity contribution in [3.05, 3.63) is 59.4 Å². The Morgan fingerprint density at radius 2 is 1.56 bits per heavy atom. The van der Waals surface area contributed by atoms with E-state index in [4.69, 9.17) is 9.47 Å². The minimum atomic E-state index is -0.242. The third kappa shape index (κ3) is 8.00. The topological polar surface area (TPSA) is 30.5 Å². The highest BCUT2D eigenvalue weighted by atomic mass is 19.1. The molecule has 148 valence electrons. The van der Waals surface area contributed by atoms with Crippen molar-refractivity contribution < 1.29 is 13.9 Å². The van der Waals surface area contributed by atoms with E-state index in [1.165, 1.54) is 56.2 Å². The SMILES string of the molecule is CCCCCCCCNCc1ccc(OCc2ccc(F)cc2)c(OC)c1. The molecule has 0 aliphatic heterocycles. The van der Waals surface area contributed by atoms with E-state index >= 15 is 0 Å². The Balaban J connectivity index is 1.75. The van der Waals surface area contributed by atoms with Crippen LogP contribution >= 0.6 is 0 Å². The summed E-state index contributed by atoms with van der Waals surface area (Å²) in [5.41, 5.74) is 2.09. The minimum Gasteiger partial charge on any atom is -0.493 e. The number of benzene rings is 2. The Kier molecular flexibility index (Phi) is 9.70. The van der Waals surface area contributed by atoms with Gasteiger partial charge in [-0.15, -0.1) is 0 Å². The number of ether oxygens (including phenoxy) is 2. The summed E-state index contributed by atoms with van der Waals surface area (Å²) in [4.78, 5) is 0. The second-order valence-corrected chi connectivity index (χ2v) is 6.84. The molecule has 0 heterocycles. The molecule has 0 unspecified atom stereocenters. The summed E-state index contributed by atoms with van der Waals surface area (Å²) in [5.74, 6) is 1.17. The normalized spacial score (nSPS) is 10.8. The largest absolute Gasteiger partial charge is 0.493 e. The second-order valence-electron chi connectivity index (χ2n) is 6.84. The molecule has 0 aliphatic carbocycles. The van der Waals surface area contributed by atoms with Crippen molar-refractivity contribution in [2.75, 3.05) is 13.7 Å². The molecule has 0 amide bonds. The van der Waals surface area contributed by atoms with Crippen LogP contribution in [-0.2, 0) is 13.2 Å². The van der Waals surface area contributed by atoms with Crippen LogP contribution in [0.15, 0.2) is 42.5 Å². The number of halogens is 1. The van der Waals surface area contributed by atoms with E-state index in [-0.39, 0.29) is 5.82 Å². The van der Waals surface area contributed by atoms with E-state index in [0.717, 1.165) is 24.4 Å². The molecule has 0 spiro atoms.